The zero-order valence-electron chi connectivity index (χ0n) is 21.5. The number of hydrogen-bond donors (Lipinski definition) is 2. The summed E-state index contributed by atoms with van der Waals surface area (Å²) < 4.78 is 14.3. The Labute approximate surface area is 221 Å². The first kappa shape index (κ1) is 25.4. The number of hydrogen-bond acceptors (Lipinski definition) is 7. The van der Waals surface area contributed by atoms with Gasteiger partial charge >= 0.3 is 0 Å². The molecule has 1 aromatic heterocycles. The highest BCUT2D eigenvalue weighted by Gasteiger charge is 2.24. The fraction of sp³-hybridized carbons (Fsp3) is 0.357. The van der Waals surface area contributed by atoms with E-state index in [0.29, 0.717) is 43.5 Å². The van der Waals surface area contributed by atoms with Crippen LogP contribution in [0.2, 0.25) is 0 Å². The molecule has 0 spiro atoms. The normalized spacial score (nSPS) is 15.5. The number of halogens is 1. The zero-order valence-corrected chi connectivity index (χ0v) is 21.5. The Hall–Kier alpha value is -4.21. The Bertz CT molecular complexity index is 1290. The van der Waals surface area contributed by atoms with Crippen molar-refractivity contribution in [2.75, 3.05) is 66.2 Å². The van der Waals surface area contributed by atoms with Crippen LogP contribution < -0.4 is 20.4 Å². The van der Waals surface area contributed by atoms with E-state index in [-0.39, 0.29) is 24.2 Å². The fourth-order valence-corrected chi connectivity index (χ4v) is 4.97. The molecule has 10 heteroatoms. The van der Waals surface area contributed by atoms with Crippen LogP contribution in [0, 0.1) is 5.82 Å². The quantitative estimate of drug-likeness (QED) is 0.495. The predicted molar refractivity (Wildman–Crippen MR) is 147 cm³/mol. The van der Waals surface area contributed by atoms with Crippen LogP contribution in [-0.4, -0.2) is 72.5 Å². The summed E-state index contributed by atoms with van der Waals surface area (Å²) >= 11 is 0. The second-order valence-electron chi connectivity index (χ2n) is 9.58. The number of nitrogens with one attached hydrogen (secondary N) is 2. The molecule has 5 rings (SSSR count). The SMILES string of the molecule is CC(=O)Nc1ccccc1NCC(=O)N1CCN(c2ccc(F)cc2-c2cnc(N3CCCC3)nc2)CC1. The van der Waals surface area contributed by atoms with E-state index in [0.717, 1.165) is 42.7 Å². The number of carbonyl (C=O) groups excluding carboxylic acids is 2. The van der Waals surface area contributed by atoms with E-state index in [1.807, 2.05) is 23.1 Å². The minimum atomic E-state index is -0.313. The van der Waals surface area contributed by atoms with Crippen LogP contribution in [0.15, 0.2) is 54.9 Å². The van der Waals surface area contributed by atoms with E-state index < -0.39 is 0 Å². The topological polar surface area (TPSA) is 93.7 Å². The smallest absolute Gasteiger partial charge is 0.241 e. The van der Waals surface area contributed by atoms with E-state index in [1.54, 1.807) is 24.5 Å². The molecular weight excluding hydrogens is 485 g/mol. The van der Waals surface area contributed by atoms with E-state index in [4.69, 9.17) is 0 Å². The summed E-state index contributed by atoms with van der Waals surface area (Å²) in [7, 11) is 0. The fourth-order valence-electron chi connectivity index (χ4n) is 4.97. The van der Waals surface area contributed by atoms with Gasteiger partial charge in [-0.15, -0.1) is 0 Å². The van der Waals surface area contributed by atoms with Gasteiger partial charge < -0.3 is 25.3 Å². The number of piperazine rings is 1. The number of para-hydroxylation sites is 2. The van der Waals surface area contributed by atoms with Crippen LogP contribution in [0.3, 0.4) is 0 Å². The van der Waals surface area contributed by atoms with Crippen molar-refractivity contribution in [1.82, 2.24) is 14.9 Å². The molecule has 9 nitrogen and oxygen atoms in total. The maximum absolute atomic E-state index is 14.3. The lowest BCUT2D eigenvalue weighted by atomic mass is 10.0. The average molecular weight is 518 g/mol. The van der Waals surface area contributed by atoms with Gasteiger partial charge in [-0.2, -0.15) is 0 Å². The van der Waals surface area contributed by atoms with Crippen LogP contribution in [0.25, 0.3) is 11.1 Å². The van der Waals surface area contributed by atoms with Crippen LogP contribution in [0.1, 0.15) is 19.8 Å². The first-order valence-electron chi connectivity index (χ1n) is 13.0. The first-order chi connectivity index (χ1) is 18.5. The van der Waals surface area contributed by atoms with Gasteiger partial charge in [-0.3, -0.25) is 9.59 Å². The number of nitrogens with zero attached hydrogens (tertiary/aromatic N) is 5. The van der Waals surface area contributed by atoms with Crippen molar-refractivity contribution >= 4 is 34.8 Å². The van der Waals surface area contributed by atoms with Gasteiger partial charge in [0, 0.05) is 75.4 Å². The summed E-state index contributed by atoms with van der Waals surface area (Å²) in [6, 6.07) is 12.1. The van der Waals surface area contributed by atoms with E-state index in [9.17, 15) is 14.0 Å². The Morgan fingerprint density at radius 1 is 0.895 bits per heavy atom. The summed E-state index contributed by atoms with van der Waals surface area (Å²) in [5, 5.41) is 5.91. The first-order valence-corrected chi connectivity index (χ1v) is 13.0. The summed E-state index contributed by atoms with van der Waals surface area (Å²) in [6.07, 6.45) is 5.83. The van der Waals surface area contributed by atoms with Crippen molar-refractivity contribution in [3.63, 3.8) is 0 Å². The Balaban J connectivity index is 1.22. The third-order valence-electron chi connectivity index (χ3n) is 6.94. The average Bonchev–Trinajstić information content (AvgIpc) is 3.48. The molecule has 2 saturated heterocycles. The molecule has 3 heterocycles. The number of anilines is 4. The van der Waals surface area contributed by atoms with Crippen molar-refractivity contribution in [2.45, 2.75) is 19.8 Å². The van der Waals surface area contributed by atoms with Crippen LogP contribution >= 0.6 is 0 Å². The van der Waals surface area contributed by atoms with Gasteiger partial charge in [-0.1, -0.05) is 12.1 Å². The molecule has 2 aliphatic rings. The summed E-state index contributed by atoms with van der Waals surface area (Å²) in [6.45, 7) is 5.85. The van der Waals surface area contributed by atoms with Crippen LogP contribution in [0.5, 0.6) is 0 Å². The van der Waals surface area contributed by atoms with Gasteiger partial charge in [-0.25, -0.2) is 14.4 Å². The second kappa shape index (κ2) is 11.5. The molecule has 2 aromatic carbocycles. The third-order valence-corrected chi connectivity index (χ3v) is 6.94. The molecule has 0 atom stereocenters. The summed E-state index contributed by atoms with van der Waals surface area (Å²) in [5.74, 6) is 0.208. The Kier molecular flexibility index (Phi) is 7.67. The molecule has 2 fully saturated rings. The van der Waals surface area contributed by atoms with Gasteiger partial charge in [-0.05, 0) is 43.2 Å². The van der Waals surface area contributed by atoms with Crippen molar-refractivity contribution in [1.29, 1.82) is 0 Å². The van der Waals surface area contributed by atoms with E-state index in [2.05, 4.69) is 30.4 Å². The molecular formula is C28H32FN7O2. The predicted octanol–water partition coefficient (Wildman–Crippen LogP) is 3.60. The van der Waals surface area contributed by atoms with E-state index >= 15 is 0 Å². The highest BCUT2D eigenvalue weighted by atomic mass is 19.1. The van der Waals surface area contributed by atoms with Gasteiger partial charge in [0.2, 0.25) is 17.8 Å². The minimum Gasteiger partial charge on any atom is -0.374 e. The molecule has 2 aliphatic heterocycles. The standard InChI is InChI=1S/C28H32FN7O2/c1-20(37)33-25-7-3-2-6-24(25)30-19-27(38)35-14-12-34(13-15-35)26-9-8-22(29)16-23(26)21-17-31-28(32-18-21)36-10-4-5-11-36/h2-3,6-9,16-18,30H,4-5,10-15,19H2,1H3,(H,33,37). The maximum atomic E-state index is 14.3. The van der Waals surface area contributed by atoms with Crippen molar-refractivity contribution in [3.8, 4) is 11.1 Å². The lowest BCUT2D eigenvalue weighted by Crippen LogP contribution is -2.50. The molecule has 0 radical (unpaired) electrons. The molecule has 3 aromatic rings. The second-order valence-corrected chi connectivity index (χ2v) is 9.58. The Morgan fingerprint density at radius 3 is 2.26 bits per heavy atom. The maximum Gasteiger partial charge on any atom is 0.241 e. The highest BCUT2D eigenvalue weighted by Crippen LogP contribution is 2.32. The summed E-state index contributed by atoms with van der Waals surface area (Å²) in [4.78, 5) is 39.6. The summed E-state index contributed by atoms with van der Waals surface area (Å²) in [5.41, 5.74) is 3.75. The van der Waals surface area contributed by atoms with Crippen molar-refractivity contribution in [2.24, 2.45) is 0 Å². The minimum absolute atomic E-state index is 0.0208. The monoisotopic (exact) mass is 517 g/mol. The molecule has 2 amide bonds. The molecule has 38 heavy (non-hydrogen) atoms. The van der Waals surface area contributed by atoms with Gasteiger partial charge in [0.15, 0.2) is 0 Å². The lowest BCUT2D eigenvalue weighted by molar-refractivity contribution is -0.129. The van der Waals surface area contributed by atoms with E-state index in [1.165, 1.54) is 19.1 Å². The molecule has 0 unspecified atom stereocenters. The van der Waals surface area contributed by atoms with Gasteiger partial charge in [0.25, 0.3) is 0 Å². The molecule has 0 aliphatic carbocycles. The van der Waals surface area contributed by atoms with Crippen molar-refractivity contribution < 1.29 is 14.0 Å². The number of rotatable bonds is 7. The largest absolute Gasteiger partial charge is 0.374 e. The number of aromatic nitrogens is 2. The highest BCUT2D eigenvalue weighted by molar-refractivity contribution is 5.93. The third kappa shape index (κ3) is 5.85. The molecule has 0 saturated carbocycles. The number of carbonyl (C=O) groups is 2. The number of amides is 2. The van der Waals surface area contributed by atoms with Gasteiger partial charge in [0.05, 0.1) is 17.9 Å². The van der Waals surface area contributed by atoms with Crippen molar-refractivity contribution in [3.05, 3.63) is 60.7 Å². The van der Waals surface area contributed by atoms with Crippen LogP contribution in [0.4, 0.5) is 27.4 Å². The lowest BCUT2D eigenvalue weighted by Gasteiger charge is -2.37. The van der Waals surface area contributed by atoms with Crippen LogP contribution in [-0.2, 0) is 9.59 Å². The Morgan fingerprint density at radius 2 is 1.58 bits per heavy atom. The van der Waals surface area contributed by atoms with Gasteiger partial charge in [0.1, 0.15) is 5.82 Å². The number of benzene rings is 2. The zero-order chi connectivity index (χ0) is 26.5. The molecule has 2 N–H and O–H groups in total. The molecule has 198 valence electrons. The molecule has 0 bridgehead atoms.